The summed E-state index contributed by atoms with van der Waals surface area (Å²) in [7, 11) is 0. The topological polar surface area (TPSA) is 12.0 Å². The summed E-state index contributed by atoms with van der Waals surface area (Å²) in [5.41, 5.74) is 2.20. The molecule has 17 heavy (non-hydrogen) atoms. The van der Waals surface area contributed by atoms with Crippen molar-refractivity contribution in [3.05, 3.63) is 64.1 Å². The molecule has 0 heterocycles. The summed E-state index contributed by atoms with van der Waals surface area (Å²) in [4.78, 5) is 0. The molecule has 2 aromatic carbocycles. The molecule has 2 aromatic rings. The molecular weight excluding hydrogens is 253 g/mol. The summed E-state index contributed by atoms with van der Waals surface area (Å²) in [6, 6.07) is 16.0. The van der Waals surface area contributed by atoms with E-state index in [9.17, 15) is 0 Å². The van der Waals surface area contributed by atoms with E-state index in [1.54, 1.807) is 0 Å². The van der Waals surface area contributed by atoms with Crippen molar-refractivity contribution in [3.8, 4) is 0 Å². The van der Waals surface area contributed by atoms with Gasteiger partial charge in [0.25, 0.3) is 0 Å². The van der Waals surface area contributed by atoms with Crippen molar-refractivity contribution in [2.75, 3.05) is 5.32 Å². The van der Waals surface area contributed by atoms with Crippen LogP contribution in [0.4, 0.5) is 5.69 Å². The second kappa shape index (κ2) is 5.44. The Kier molecular flexibility index (Phi) is 3.93. The standard InChI is InChI=1S/C14H13Cl2N/c1-10(17-12-5-3-2-4-6-12)11-7-8-13(15)14(16)9-11/h2-10,17H,1H3. The Bertz CT molecular complexity index is 497. The average Bonchev–Trinajstić information content (AvgIpc) is 2.34. The van der Waals surface area contributed by atoms with Gasteiger partial charge in [-0.15, -0.1) is 0 Å². The number of rotatable bonds is 3. The van der Waals surface area contributed by atoms with E-state index in [-0.39, 0.29) is 6.04 Å². The highest BCUT2D eigenvalue weighted by molar-refractivity contribution is 6.42. The first kappa shape index (κ1) is 12.3. The Labute approximate surface area is 111 Å². The third-order valence-corrected chi connectivity index (χ3v) is 3.34. The van der Waals surface area contributed by atoms with Gasteiger partial charge >= 0.3 is 0 Å². The lowest BCUT2D eigenvalue weighted by molar-refractivity contribution is 0.885. The van der Waals surface area contributed by atoms with Crippen molar-refractivity contribution in [2.45, 2.75) is 13.0 Å². The number of nitrogens with one attached hydrogen (secondary N) is 1. The highest BCUT2D eigenvalue weighted by atomic mass is 35.5. The summed E-state index contributed by atoms with van der Waals surface area (Å²) in [5, 5.41) is 4.58. The molecule has 0 aromatic heterocycles. The van der Waals surface area contributed by atoms with E-state index in [1.807, 2.05) is 48.5 Å². The third-order valence-electron chi connectivity index (χ3n) is 2.60. The molecule has 0 aliphatic rings. The highest BCUT2D eigenvalue weighted by Gasteiger charge is 2.07. The normalized spacial score (nSPS) is 12.2. The van der Waals surface area contributed by atoms with Crippen LogP contribution >= 0.6 is 23.2 Å². The first-order valence-corrected chi connectivity index (χ1v) is 6.19. The summed E-state index contributed by atoms with van der Waals surface area (Å²) < 4.78 is 0. The minimum Gasteiger partial charge on any atom is -0.379 e. The van der Waals surface area contributed by atoms with Crippen LogP contribution in [0.5, 0.6) is 0 Å². The van der Waals surface area contributed by atoms with Gasteiger partial charge in [0.05, 0.1) is 10.0 Å². The second-order valence-electron chi connectivity index (χ2n) is 3.91. The van der Waals surface area contributed by atoms with Crippen LogP contribution in [-0.4, -0.2) is 0 Å². The van der Waals surface area contributed by atoms with Crippen molar-refractivity contribution in [3.63, 3.8) is 0 Å². The minimum absolute atomic E-state index is 0.187. The molecule has 1 atom stereocenters. The molecule has 3 heteroatoms. The van der Waals surface area contributed by atoms with E-state index in [4.69, 9.17) is 23.2 Å². The van der Waals surface area contributed by atoms with E-state index in [2.05, 4.69) is 12.2 Å². The van der Waals surface area contributed by atoms with Crippen LogP contribution < -0.4 is 5.32 Å². The first-order valence-electron chi connectivity index (χ1n) is 5.43. The van der Waals surface area contributed by atoms with Gasteiger partial charge in [0, 0.05) is 11.7 Å². The largest absolute Gasteiger partial charge is 0.379 e. The van der Waals surface area contributed by atoms with Crippen molar-refractivity contribution >= 4 is 28.9 Å². The lowest BCUT2D eigenvalue weighted by Gasteiger charge is -2.16. The fourth-order valence-electron chi connectivity index (χ4n) is 1.65. The quantitative estimate of drug-likeness (QED) is 0.808. The van der Waals surface area contributed by atoms with Gasteiger partial charge < -0.3 is 5.32 Å². The van der Waals surface area contributed by atoms with Crippen molar-refractivity contribution < 1.29 is 0 Å². The number of benzene rings is 2. The second-order valence-corrected chi connectivity index (χ2v) is 4.72. The number of anilines is 1. The van der Waals surface area contributed by atoms with Crippen molar-refractivity contribution in [2.24, 2.45) is 0 Å². The summed E-state index contributed by atoms with van der Waals surface area (Å²) in [5.74, 6) is 0. The maximum atomic E-state index is 6.00. The molecule has 88 valence electrons. The number of para-hydroxylation sites is 1. The molecule has 0 radical (unpaired) electrons. The molecule has 0 bridgehead atoms. The zero-order valence-corrected chi connectivity index (χ0v) is 11.0. The molecule has 0 spiro atoms. The monoisotopic (exact) mass is 265 g/mol. The zero-order valence-electron chi connectivity index (χ0n) is 9.45. The fraction of sp³-hybridized carbons (Fsp3) is 0.143. The summed E-state index contributed by atoms with van der Waals surface area (Å²) in [6.07, 6.45) is 0. The Morgan fingerprint density at radius 1 is 0.941 bits per heavy atom. The van der Waals surface area contributed by atoms with Crippen LogP contribution in [0.1, 0.15) is 18.5 Å². The van der Waals surface area contributed by atoms with Gasteiger partial charge in [0.1, 0.15) is 0 Å². The van der Waals surface area contributed by atoms with Crippen LogP contribution in [-0.2, 0) is 0 Å². The number of hydrogen-bond donors (Lipinski definition) is 1. The Balaban J connectivity index is 2.14. The smallest absolute Gasteiger partial charge is 0.0595 e. The maximum Gasteiger partial charge on any atom is 0.0595 e. The lowest BCUT2D eigenvalue weighted by atomic mass is 10.1. The Hall–Kier alpha value is -1.18. The first-order chi connectivity index (χ1) is 8.16. The van der Waals surface area contributed by atoms with E-state index in [0.717, 1.165) is 11.3 Å². The molecule has 0 saturated heterocycles. The third kappa shape index (κ3) is 3.15. The molecule has 0 saturated carbocycles. The zero-order chi connectivity index (χ0) is 12.3. The highest BCUT2D eigenvalue weighted by Crippen LogP contribution is 2.27. The molecule has 1 unspecified atom stereocenters. The molecule has 2 rings (SSSR count). The van der Waals surface area contributed by atoms with Crippen LogP contribution in [0.25, 0.3) is 0 Å². The predicted molar refractivity (Wildman–Crippen MR) is 74.9 cm³/mol. The van der Waals surface area contributed by atoms with Gasteiger partial charge in [-0.25, -0.2) is 0 Å². The predicted octanol–water partition coefficient (Wildman–Crippen LogP) is 5.17. The van der Waals surface area contributed by atoms with Gasteiger partial charge in [0.15, 0.2) is 0 Å². The van der Waals surface area contributed by atoms with Crippen molar-refractivity contribution in [1.29, 1.82) is 0 Å². The Morgan fingerprint density at radius 2 is 1.65 bits per heavy atom. The molecule has 0 aliphatic heterocycles. The van der Waals surface area contributed by atoms with E-state index in [0.29, 0.717) is 10.0 Å². The van der Waals surface area contributed by atoms with Crippen molar-refractivity contribution in [1.82, 2.24) is 0 Å². The fourth-order valence-corrected chi connectivity index (χ4v) is 1.96. The molecule has 0 fully saturated rings. The Morgan fingerprint density at radius 3 is 2.29 bits per heavy atom. The SMILES string of the molecule is CC(Nc1ccccc1)c1ccc(Cl)c(Cl)c1. The van der Waals surface area contributed by atoms with Gasteiger partial charge in [-0.1, -0.05) is 47.5 Å². The molecule has 1 nitrogen and oxygen atoms in total. The molecular formula is C14H13Cl2N. The van der Waals surface area contributed by atoms with Gasteiger partial charge in [-0.05, 0) is 36.8 Å². The molecule has 1 N–H and O–H groups in total. The summed E-state index contributed by atoms with van der Waals surface area (Å²) >= 11 is 11.9. The number of halogens is 2. The van der Waals surface area contributed by atoms with E-state index < -0.39 is 0 Å². The maximum absolute atomic E-state index is 6.00. The van der Waals surface area contributed by atoms with Crippen LogP contribution in [0.15, 0.2) is 48.5 Å². The lowest BCUT2D eigenvalue weighted by Crippen LogP contribution is -2.06. The average molecular weight is 266 g/mol. The van der Waals surface area contributed by atoms with E-state index >= 15 is 0 Å². The van der Waals surface area contributed by atoms with Crippen LogP contribution in [0.2, 0.25) is 10.0 Å². The molecule has 0 aliphatic carbocycles. The van der Waals surface area contributed by atoms with Crippen LogP contribution in [0, 0.1) is 0 Å². The van der Waals surface area contributed by atoms with Crippen LogP contribution in [0.3, 0.4) is 0 Å². The van der Waals surface area contributed by atoms with Gasteiger partial charge in [-0.3, -0.25) is 0 Å². The molecule has 0 amide bonds. The number of hydrogen-bond acceptors (Lipinski definition) is 1. The van der Waals surface area contributed by atoms with Gasteiger partial charge in [-0.2, -0.15) is 0 Å². The van der Waals surface area contributed by atoms with Gasteiger partial charge in [0.2, 0.25) is 0 Å². The minimum atomic E-state index is 0.187. The summed E-state index contributed by atoms with van der Waals surface area (Å²) in [6.45, 7) is 2.09. The van der Waals surface area contributed by atoms with E-state index in [1.165, 1.54) is 0 Å².